The summed E-state index contributed by atoms with van der Waals surface area (Å²) >= 11 is 0. The molecule has 1 spiro atoms. The normalized spacial score (nSPS) is 26.2. The van der Waals surface area contributed by atoms with Crippen LogP contribution in [-0.4, -0.2) is 61.0 Å². The van der Waals surface area contributed by atoms with Crippen LogP contribution in [0.15, 0.2) is 18.5 Å². The fourth-order valence-electron chi connectivity index (χ4n) is 4.17. The van der Waals surface area contributed by atoms with Crippen LogP contribution in [0.4, 0.5) is 5.69 Å². The van der Waals surface area contributed by atoms with Gasteiger partial charge in [-0.05, 0) is 24.8 Å². The Hall–Kier alpha value is -1.66. The Kier molecular flexibility index (Phi) is 4.65. The third-order valence-corrected chi connectivity index (χ3v) is 5.62. The number of hydrogen-bond donors (Lipinski definition) is 0. The number of amides is 1. The molecule has 1 unspecified atom stereocenters. The van der Waals surface area contributed by atoms with Crippen LogP contribution < -0.4 is 4.90 Å². The van der Waals surface area contributed by atoms with Crippen LogP contribution >= 0.6 is 0 Å². The zero-order valence-corrected chi connectivity index (χ0v) is 14.9. The van der Waals surface area contributed by atoms with Crippen LogP contribution in [0.3, 0.4) is 0 Å². The van der Waals surface area contributed by atoms with Gasteiger partial charge in [0.05, 0.1) is 30.7 Å². The lowest BCUT2D eigenvalue weighted by atomic mass is 9.99. The Balaban J connectivity index is 1.44. The summed E-state index contributed by atoms with van der Waals surface area (Å²) in [6, 6.07) is 1.99. The van der Waals surface area contributed by atoms with Gasteiger partial charge in [0.2, 0.25) is 0 Å². The molecule has 1 aromatic heterocycles. The minimum atomic E-state index is -0.374. The van der Waals surface area contributed by atoms with E-state index in [0.29, 0.717) is 24.7 Å². The number of carbonyl (C=O) groups excluding carboxylic acids is 1. The lowest BCUT2D eigenvalue weighted by molar-refractivity contribution is -0.169. The molecule has 3 aliphatic rings. The van der Waals surface area contributed by atoms with Gasteiger partial charge in [-0.15, -0.1) is 0 Å². The number of hydrogen-bond acceptors (Lipinski definition) is 5. The predicted molar refractivity (Wildman–Crippen MR) is 94.6 cm³/mol. The molecule has 0 aliphatic carbocycles. The summed E-state index contributed by atoms with van der Waals surface area (Å²) in [6.45, 7) is 7.03. The van der Waals surface area contributed by atoms with Crippen molar-refractivity contribution in [2.24, 2.45) is 5.92 Å². The molecule has 0 N–H and O–H groups in total. The van der Waals surface area contributed by atoms with Crippen molar-refractivity contribution in [3.05, 3.63) is 24.0 Å². The van der Waals surface area contributed by atoms with Crippen LogP contribution in [-0.2, 0) is 9.47 Å². The Bertz CT molecular complexity index is 620. The smallest absolute Gasteiger partial charge is 0.255 e. The number of nitrogens with zero attached hydrogens (tertiary/aromatic N) is 3. The maximum absolute atomic E-state index is 12.8. The molecule has 1 aromatic rings. The Morgan fingerprint density at radius 1 is 1.20 bits per heavy atom. The van der Waals surface area contributed by atoms with E-state index in [0.717, 1.165) is 51.1 Å². The maximum atomic E-state index is 12.8. The average Bonchev–Trinajstić information content (AvgIpc) is 3.10. The van der Waals surface area contributed by atoms with Gasteiger partial charge in [-0.1, -0.05) is 6.92 Å². The number of anilines is 1. The number of pyridine rings is 1. The van der Waals surface area contributed by atoms with Gasteiger partial charge < -0.3 is 19.3 Å². The van der Waals surface area contributed by atoms with E-state index < -0.39 is 0 Å². The van der Waals surface area contributed by atoms with Crippen LogP contribution in [0.2, 0.25) is 0 Å². The first-order valence-electron chi connectivity index (χ1n) is 9.42. The Morgan fingerprint density at radius 3 is 2.68 bits per heavy atom. The maximum Gasteiger partial charge on any atom is 0.255 e. The SMILES string of the molecule is CC1CCCN(C(=O)c2cncc(N3CCC4(CC3)OCCO4)c2)C1. The van der Waals surface area contributed by atoms with E-state index in [-0.39, 0.29) is 11.7 Å². The van der Waals surface area contributed by atoms with E-state index in [1.165, 1.54) is 6.42 Å². The van der Waals surface area contributed by atoms with Gasteiger partial charge >= 0.3 is 0 Å². The fraction of sp³-hybridized carbons (Fsp3) is 0.684. The van der Waals surface area contributed by atoms with Crippen LogP contribution in [0.5, 0.6) is 0 Å². The second-order valence-corrected chi connectivity index (χ2v) is 7.53. The van der Waals surface area contributed by atoms with Crippen LogP contribution in [0.1, 0.15) is 43.0 Å². The molecule has 136 valence electrons. The van der Waals surface area contributed by atoms with E-state index in [1.807, 2.05) is 17.2 Å². The van der Waals surface area contributed by atoms with Gasteiger partial charge in [0.1, 0.15) is 0 Å². The zero-order valence-electron chi connectivity index (χ0n) is 14.9. The van der Waals surface area contributed by atoms with E-state index in [1.54, 1.807) is 6.20 Å². The molecule has 3 saturated heterocycles. The number of piperidine rings is 2. The van der Waals surface area contributed by atoms with Crippen LogP contribution in [0.25, 0.3) is 0 Å². The van der Waals surface area contributed by atoms with Crippen molar-refractivity contribution >= 4 is 11.6 Å². The lowest BCUT2D eigenvalue weighted by Crippen LogP contribution is -2.45. The first-order valence-corrected chi connectivity index (χ1v) is 9.42. The predicted octanol–water partition coefficient (Wildman–Crippen LogP) is 2.30. The van der Waals surface area contributed by atoms with Gasteiger partial charge in [0.25, 0.3) is 5.91 Å². The van der Waals surface area contributed by atoms with E-state index in [2.05, 4.69) is 16.8 Å². The van der Waals surface area contributed by atoms with Gasteiger partial charge in [-0.25, -0.2) is 0 Å². The molecule has 0 saturated carbocycles. The molecule has 4 heterocycles. The summed E-state index contributed by atoms with van der Waals surface area (Å²) in [5, 5.41) is 0. The minimum Gasteiger partial charge on any atom is -0.370 e. The monoisotopic (exact) mass is 345 g/mol. The first kappa shape index (κ1) is 16.8. The van der Waals surface area contributed by atoms with Crippen LogP contribution in [0, 0.1) is 5.92 Å². The number of rotatable bonds is 2. The van der Waals surface area contributed by atoms with E-state index in [4.69, 9.17) is 9.47 Å². The summed E-state index contributed by atoms with van der Waals surface area (Å²) in [5.41, 5.74) is 1.71. The number of carbonyl (C=O) groups is 1. The molecule has 0 bridgehead atoms. The van der Waals surface area contributed by atoms with Crippen molar-refractivity contribution in [2.45, 2.75) is 38.4 Å². The highest BCUT2D eigenvalue weighted by molar-refractivity contribution is 5.94. The molecule has 25 heavy (non-hydrogen) atoms. The van der Waals surface area contributed by atoms with Gasteiger partial charge in [0, 0.05) is 45.2 Å². The molecule has 3 fully saturated rings. The summed E-state index contributed by atoms with van der Waals surface area (Å²) in [7, 11) is 0. The highest BCUT2D eigenvalue weighted by Crippen LogP contribution is 2.33. The molecule has 0 radical (unpaired) electrons. The number of ether oxygens (including phenoxy) is 2. The van der Waals surface area contributed by atoms with Crippen molar-refractivity contribution in [3.63, 3.8) is 0 Å². The summed E-state index contributed by atoms with van der Waals surface area (Å²) in [6.07, 6.45) is 7.56. The highest BCUT2D eigenvalue weighted by Gasteiger charge is 2.39. The molecule has 6 heteroatoms. The largest absolute Gasteiger partial charge is 0.370 e. The molecule has 1 amide bonds. The number of aromatic nitrogens is 1. The van der Waals surface area contributed by atoms with E-state index >= 15 is 0 Å². The molecular weight excluding hydrogens is 318 g/mol. The van der Waals surface area contributed by atoms with Crippen molar-refractivity contribution in [3.8, 4) is 0 Å². The lowest BCUT2D eigenvalue weighted by Gasteiger charge is -2.38. The molecular formula is C19H27N3O3. The zero-order chi connectivity index (χ0) is 17.3. The quantitative estimate of drug-likeness (QED) is 0.823. The second kappa shape index (κ2) is 6.92. The molecule has 6 nitrogen and oxygen atoms in total. The fourth-order valence-corrected chi connectivity index (χ4v) is 4.17. The summed E-state index contributed by atoms with van der Waals surface area (Å²) in [5.74, 6) is 0.316. The molecule has 0 aromatic carbocycles. The molecule has 4 rings (SSSR count). The van der Waals surface area contributed by atoms with E-state index in [9.17, 15) is 4.79 Å². The standard InChI is InChI=1S/C19H27N3O3/c1-15-3-2-6-22(14-15)18(23)16-11-17(13-20-12-16)21-7-4-19(5-8-21)24-9-10-25-19/h11-13,15H,2-10,14H2,1H3. The first-order chi connectivity index (χ1) is 12.2. The van der Waals surface area contributed by atoms with Crippen molar-refractivity contribution in [1.29, 1.82) is 0 Å². The second-order valence-electron chi connectivity index (χ2n) is 7.53. The minimum absolute atomic E-state index is 0.108. The van der Waals surface area contributed by atoms with Gasteiger partial charge in [-0.3, -0.25) is 9.78 Å². The molecule has 1 atom stereocenters. The average molecular weight is 345 g/mol. The third-order valence-electron chi connectivity index (χ3n) is 5.62. The van der Waals surface area contributed by atoms with Gasteiger partial charge in [-0.2, -0.15) is 0 Å². The van der Waals surface area contributed by atoms with Gasteiger partial charge in [0.15, 0.2) is 5.79 Å². The number of likely N-dealkylation sites (tertiary alicyclic amines) is 1. The van der Waals surface area contributed by atoms with Crippen molar-refractivity contribution in [2.75, 3.05) is 44.3 Å². The highest BCUT2D eigenvalue weighted by atomic mass is 16.7. The summed E-state index contributed by atoms with van der Waals surface area (Å²) < 4.78 is 11.6. The van der Waals surface area contributed by atoms with Crippen molar-refractivity contribution in [1.82, 2.24) is 9.88 Å². The van der Waals surface area contributed by atoms with Crippen molar-refractivity contribution < 1.29 is 14.3 Å². The topological polar surface area (TPSA) is 54.9 Å². The Labute approximate surface area is 149 Å². The Morgan fingerprint density at radius 2 is 1.96 bits per heavy atom. The molecule has 3 aliphatic heterocycles. The summed E-state index contributed by atoms with van der Waals surface area (Å²) in [4.78, 5) is 21.4. The third kappa shape index (κ3) is 3.51.